The molecule has 19 heavy (non-hydrogen) atoms. The van der Waals surface area contributed by atoms with E-state index < -0.39 is 0 Å². The van der Waals surface area contributed by atoms with Crippen molar-refractivity contribution in [3.63, 3.8) is 0 Å². The van der Waals surface area contributed by atoms with Crippen LogP contribution in [0.4, 0.5) is 0 Å². The van der Waals surface area contributed by atoms with Crippen LogP contribution in [0.5, 0.6) is 0 Å². The van der Waals surface area contributed by atoms with Crippen LogP contribution in [-0.2, 0) is 0 Å². The summed E-state index contributed by atoms with van der Waals surface area (Å²) >= 11 is 5.16. The summed E-state index contributed by atoms with van der Waals surface area (Å²) in [5, 5.41) is 8.03. The van der Waals surface area contributed by atoms with E-state index in [1.54, 1.807) is 0 Å². The van der Waals surface area contributed by atoms with Crippen molar-refractivity contribution >= 4 is 23.5 Å². The molecule has 1 fully saturated rings. The summed E-state index contributed by atoms with van der Waals surface area (Å²) in [5.74, 6) is 1.55. The minimum atomic E-state index is 0.454. The topological polar surface area (TPSA) is 36.4 Å². The molecule has 3 aliphatic carbocycles. The molecule has 2 N–H and O–H groups in total. The Morgan fingerprint density at radius 2 is 2.37 bits per heavy atom. The van der Waals surface area contributed by atoms with Gasteiger partial charge in [-0.2, -0.15) is 5.10 Å². The predicted octanol–water partition coefficient (Wildman–Crippen LogP) is 3.23. The molecule has 0 radical (unpaired) electrons. The third kappa shape index (κ3) is 3.16. The molecular formula is C15H25N3S. The summed E-state index contributed by atoms with van der Waals surface area (Å²) in [6.07, 6.45) is 9.12. The molecule has 0 heterocycles. The van der Waals surface area contributed by atoms with E-state index in [2.05, 4.69) is 42.7 Å². The monoisotopic (exact) mass is 279 g/mol. The number of hydrogen-bond donors (Lipinski definition) is 2. The average molecular weight is 279 g/mol. The summed E-state index contributed by atoms with van der Waals surface area (Å²) in [7, 11) is 0. The molecule has 3 aliphatic rings. The van der Waals surface area contributed by atoms with Crippen LogP contribution in [0.2, 0.25) is 0 Å². The fraction of sp³-hybridized carbons (Fsp3) is 0.733. The van der Waals surface area contributed by atoms with Crippen LogP contribution < -0.4 is 10.7 Å². The SMILES string of the molecule is CCCCNC(=S)N/N=C\C1=CC[C@H]2C[C@@H]1C2(C)C. The van der Waals surface area contributed by atoms with Gasteiger partial charge >= 0.3 is 0 Å². The molecule has 1 saturated carbocycles. The molecule has 0 amide bonds. The molecule has 2 atom stereocenters. The largest absolute Gasteiger partial charge is 0.361 e. The lowest BCUT2D eigenvalue weighted by atomic mass is 9.49. The summed E-state index contributed by atoms with van der Waals surface area (Å²) < 4.78 is 0. The zero-order valence-corrected chi connectivity index (χ0v) is 13.0. The first-order valence-corrected chi connectivity index (χ1v) is 7.73. The first-order chi connectivity index (χ1) is 9.05. The van der Waals surface area contributed by atoms with Gasteiger partial charge in [0, 0.05) is 6.54 Å². The van der Waals surface area contributed by atoms with Crippen LogP contribution in [-0.4, -0.2) is 17.9 Å². The molecule has 2 bridgehead atoms. The Labute approximate surface area is 121 Å². The van der Waals surface area contributed by atoms with Gasteiger partial charge in [-0.1, -0.05) is 33.3 Å². The molecule has 0 saturated heterocycles. The van der Waals surface area contributed by atoms with Crippen molar-refractivity contribution in [2.75, 3.05) is 6.54 Å². The van der Waals surface area contributed by atoms with E-state index in [1.165, 1.54) is 24.8 Å². The van der Waals surface area contributed by atoms with E-state index >= 15 is 0 Å². The highest BCUT2D eigenvalue weighted by atomic mass is 32.1. The predicted molar refractivity (Wildman–Crippen MR) is 85.2 cm³/mol. The molecule has 0 aromatic heterocycles. The van der Waals surface area contributed by atoms with Crippen molar-refractivity contribution in [1.82, 2.24) is 10.7 Å². The lowest BCUT2D eigenvalue weighted by Gasteiger charge is -2.55. The maximum Gasteiger partial charge on any atom is 0.186 e. The summed E-state index contributed by atoms with van der Waals surface area (Å²) in [6, 6.07) is 0. The van der Waals surface area contributed by atoms with Crippen LogP contribution in [0.25, 0.3) is 0 Å². The van der Waals surface area contributed by atoms with Crippen molar-refractivity contribution in [1.29, 1.82) is 0 Å². The van der Waals surface area contributed by atoms with Gasteiger partial charge in [0.2, 0.25) is 0 Å². The van der Waals surface area contributed by atoms with Crippen LogP contribution in [0, 0.1) is 17.3 Å². The maximum atomic E-state index is 5.16. The first-order valence-electron chi connectivity index (χ1n) is 7.32. The second kappa shape index (κ2) is 6.04. The number of hydrogen-bond acceptors (Lipinski definition) is 2. The minimum absolute atomic E-state index is 0.454. The molecule has 0 unspecified atom stereocenters. The molecule has 4 heteroatoms. The smallest absolute Gasteiger partial charge is 0.186 e. The van der Waals surface area contributed by atoms with Gasteiger partial charge in [-0.25, -0.2) is 0 Å². The Hall–Kier alpha value is -0.900. The number of rotatable bonds is 5. The highest BCUT2D eigenvalue weighted by Crippen LogP contribution is 2.58. The lowest BCUT2D eigenvalue weighted by molar-refractivity contribution is -0.00126. The number of nitrogens with zero attached hydrogens (tertiary/aromatic N) is 1. The normalized spacial score (nSPS) is 27.6. The molecular weight excluding hydrogens is 254 g/mol. The van der Waals surface area contributed by atoms with Gasteiger partial charge in [0.05, 0.1) is 6.21 Å². The number of fused-ring (bicyclic) bond motifs is 1. The quantitative estimate of drug-likeness (QED) is 0.351. The van der Waals surface area contributed by atoms with E-state index in [0.717, 1.165) is 18.9 Å². The van der Waals surface area contributed by atoms with Gasteiger partial charge < -0.3 is 5.32 Å². The van der Waals surface area contributed by atoms with Crippen molar-refractivity contribution < 1.29 is 0 Å². The first kappa shape index (κ1) is 14.5. The van der Waals surface area contributed by atoms with Crippen LogP contribution in [0.3, 0.4) is 0 Å². The Bertz CT molecular complexity index is 398. The van der Waals surface area contributed by atoms with E-state index in [0.29, 0.717) is 16.4 Å². The van der Waals surface area contributed by atoms with Crippen molar-refractivity contribution in [3.8, 4) is 0 Å². The standard InChI is InChI=1S/C15H25N3S/c1-4-5-8-16-14(19)18-17-10-11-6-7-12-9-13(11)15(12,2)3/h6,10,12-13H,4-5,7-9H2,1-3H3,(H2,16,18,19)/b17-10-/t12-,13-/m0/s1. The molecule has 3 nitrogen and oxygen atoms in total. The number of thiocarbonyl (C=S) groups is 1. The van der Waals surface area contributed by atoms with Gasteiger partial charge in [0.15, 0.2) is 5.11 Å². The molecule has 0 aromatic carbocycles. The number of nitrogens with one attached hydrogen (secondary N) is 2. The minimum Gasteiger partial charge on any atom is -0.361 e. The van der Waals surface area contributed by atoms with E-state index in [-0.39, 0.29) is 0 Å². The van der Waals surface area contributed by atoms with Crippen LogP contribution >= 0.6 is 12.2 Å². The number of allylic oxidation sites excluding steroid dienone is 2. The summed E-state index contributed by atoms with van der Waals surface area (Å²) in [5.41, 5.74) is 4.73. The third-order valence-electron chi connectivity index (χ3n) is 4.71. The molecule has 3 rings (SSSR count). The van der Waals surface area contributed by atoms with Gasteiger partial charge in [-0.3, -0.25) is 5.43 Å². The molecule has 0 aromatic rings. The molecule has 0 spiro atoms. The molecule has 106 valence electrons. The average Bonchev–Trinajstić information content (AvgIpc) is 2.39. The lowest BCUT2D eigenvalue weighted by Crippen LogP contribution is -2.48. The highest BCUT2D eigenvalue weighted by molar-refractivity contribution is 7.80. The second-order valence-corrected chi connectivity index (χ2v) is 6.63. The van der Waals surface area contributed by atoms with Crippen molar-refractivity contribution in [2.24, 2.45) is 22.4 Å². The second-order valence-electron chi connectivity index (χ2n) is 6.23. The zero-order valence-electron chi connectivity index (χ0n) is 12.2. The van der Waals surface area contributed by atoms with E-state index in [4.69, 9.17) is 12.2 Å². The molecule has 0 aliphatic heterocycles. The highest BCUT2D eigenvalue weighted by Gasteiger charge is 2.50. The van der Waals surface area contributed by atoms with Crippen LogP contribution in [0.15, 0.2) is 16.8 Å². The third-order valence-corrected chi connectivity index (χ3v) is 4.94. The van der Waals surface area contributed by atoms with E-state index in [9.17, 15) is 0 Å². The van der Waals surface area contributed by atoms with Crippen molar-refractivity contribution in [3.05, 3.63) is 11.6 Å². The van der Waals surface area contributed by atoms with Gasteiger partial charge in [0.25, 0.3) is 0 Å². The van der Waals surface area contributed by atoms with Gasteiger partial charge in [-0.15, -0.1) is 0 Å². The Balaban J connectivity index is 1.77. The number of hydrazone groups is 1. The zero-order chi connectivity index (χ0) is 13.9. The van der Waals surface area contributed by atoms with Gasteiger partial charge in [0.1, 0.15) is 0 Å². The Kier molecular flexibility index (Phi) is 4.61. The fourth-order valence-electron chi connectivity index (χ4n) is 3.13. The van der Waals surface area contributed by atoms with Crippen molar-refractivity contribution in [2.45, 2.75) is 46.5 Å². The fourth-order valence-corrected chi connectivity index (χ4v) is 3.28. The van der Waals surface area contributed by atoms with Crippen LogP contribution in [0.1, 0.15) is 46.5 Å². The summed E-state index contributed by atoms with van der Waals surface area (Å²) in [4.78, 5) is 0. The Morgan fingerprint density at radius 1 is 1.58 bits per heavy atom. The number of unbranched alkanes of at least 4 members (excludes halogenated alkanes) is 1. The maximum absolute atomic E-state index is 5.16. The van der Waals surface area contributed by atoms with Gasteiger partial charge in [-0.05, 0) is 54.3 Å². The summed E-state index contributed by atoms with van der Waals surface area (Å²) in [6.45, 7) is 7.82. The van der Waals surface area contributed by atoms with E-state index in [1.807, 2.05) is 6.21 Å². The Morgan fingerprint density at radius 3 is 3.00 bits per heavy atom.